The second kappa shape index (κ2) is 14.4. The van der Waals surface area contributed by atoms with Crippen LogP contribution in [-0.4, -0.2) is 45.2 Å². The van der Waals surface area contributed by atoms with Gasteiger partial charge in [0.25, 0.3) is 5.91 Å². The standard InChI is InChI=1S/C32H34BrN3O4S/c1-36(41(39,40)23-25-12-6-3-7-13-25)29-17-9-15-27(20-29)32(38)35-30(19-24-10-4-2-5-11-24)31(37)22-34-21-26-14-8-16-28(33)18-26/h2-18,20,30-31,34,37H,19,21-23H2,1H3,(H,35,38). The van der Waals surface area contributed by atoms with E-state index in [9.17, 15) is 18.3 Å². The Bertz CT molecular complexity index is 1540. The second-order valence-electron chi connectivity index (χ2n) is 9.86. The van der Waals surface area contributed by atoms with E-state index in [1.54, 1.807) is 48.5 Å². The van der Waals surface area contributed by atoms with Gasteiger partial charge in [-0.3, -0.25) is 9.10 Å². The van der Waals surface area contributed by atoms with Gasteiger partial charge in [0.1, 0.15) is 0 Å². The van der Waals surface area contributed by atoms with Crippen molar-refractivity contribution in [2.75, 3.05) is 17.9 Å². The first kappa shape index (κ1) is 30.5. The Morgan fingerprint density at radius 3 is 2.17 bits per heavy atom. The van der Waals surface area contributed by atoms with E-state index in [0.29, 0.717) is 29.8 Å². The smallest absolute Gasteiger partial charge is 0.251 e. The average molecular weight is 637 g/mol. The highest BCUT2D eigenvalue weighted by Gasteiger charge is 2.24. The zero-order valence-electron chi connectivity index (χ0n) is 22.8. The normalized spacial score (nSPS) is 12.9. The van der Waals surface area contributed by atoms with Gasteiger partial charge >= 0.3 is 0 Å². The maximum absolute atomic E-state index is 13.4. The molecule has 3 N–H and O–H groups in total. The molecule has 0 aliphatic rings. The summed E-state index contributed by atoms with van der Waals surface area (Å²) in [6.07, 6.45) is -0.444. The summed E-state index contributed by atoms with van der Waals surface area (Å²) in [6, 6.07) is 32.4. The van der Waals surface area contributed by atoms with Gasteiger partial charge in [-0.15, -0.1) is 0 Å². The van der Waals surface area contributed by atoms with Crippen molar-refractivity contribution >= 4 is 37.5 Å². The van der Waals surface area contributed by atoms with Crippen LogP contribution in [0.15, 0.2) is 114 Å². The van der Waals surface area contributed by atoms with Crippen molar-refractivity contribution in [3.63, 3.8) is 0 Å². The quantitative estimate of drug-likeness (QED) is 0.194. The summed E-state index contributed by atoms with van der Waals surface area (Å²) in [7, 11) is -2.19. The van der Waals surface area contributed by atoms with Gasteiger partial charge in [0.05, 0.1) is 23.6 Å². The van der Waals surface area contributed by atoms with Gasteiger partial charge in [-0.2, -0.15) is 0 Å². The molecular formula is C32H34BrN3O4S. The number of carbonyl (C=O) groups excluding carboxylic acids is 1. The number of rotatable bonds is 13. The molecule has 0 aliphatic carbocycles. The topological polar surface area (TPSA) is 98.7 Å². The number of halogens is 1. The Labute approximate surface area is 250 Å². The fraction of sp³-hybridized carbons (Fsp3) is 0.219. The fourth-order valence-electron chi connectivity index (χ4n) is 4.44. The molecule has 0 aliphatic heterocycles. The van der Waals surface area contributed by atoms with Crippen LogP contribution in [0.25, 0.3) is 0 Å². The molecule has 0 saturated carbocycles. The lowest BCUT2D eigenvalue weighted by atomic mass is 10.00. The summed E-state index contributed by atoms with van der Waals surface area (Å²) >= 11 is 3.47. The van der Waals surface area contributed by atoms with E-state index in [4.69, 9.17) is 0 Å². The molecule has 41 heavy (non-hydrogen) atoms. The Balaban J connectivity index is 1.46. The van der Waals surface area contributed by atoms with Crippen LogP contribution >= 0.6 is 15.9 Å². The lowest BCUT2D eigenvalue weighted by Gasteiger charge is -2.25. The molecule has 0 spiro atoms. The van der Waals surface area contributed by atoms with Gasteiger partial charge in [0.15, 0.2) is 0 Å². The number of sulfonamides is 1. The third-order valence-electron chi connectivity index (χ3n) is 6.73. The minimum atomic E-state index is -3.67. The summed E-state index contributed by atoms with van der Waals surface area (Å²) in [5.41, 5.74) is 3.41. The number of anilines is 1. The van der Waals surface area contributed by atoms with Crippen LogP contribution in [0, 0.1) is 0 Å². The second-order valence-corrected chi connectivity index (χ2v) is 12.8. The van der Waals surface area contributed by atoms with Gasteiger partial charge in [-0.25, -0.2) is 8.42 Å². The number of benzene rings is 4. The summed E-state index contributed by atoms with van der Waals surface area (Å²) < 4.78 is 28.3. The van der Waals surface area contributed by atoms with E-state index in [1.165, 1.54) is 11.4 Å². The summed E-state index contributed by atoms with van der Waals surface area (Å²) in [6.45, 7) is 0.832. The Morgan fingerprint density at radius 1 is 0.854 bits per heavy atom. The van der Waals surface area contributed by atoms with E-state index in [-0.39, 0.29) is 12.3 Å². The van der Waals surface area contributed by atoms with Crippen LogP contribution in [0.3, 0.4) is 0 Å². The number of amides is 1. The van der Waals surface area contributed by atoms with Crippen LogP contribution in [0.4, 0.5) is 5.69 Å². The third-order valence-corrected chi connectivity index (χ3v) is 8.97. The van der Waals surface area contributed by atoms with Crippen molar-refractivity contribution in [2.24, 2.45) is 0 Å². The van der Waals surface area contributed by atoms with Crippen LogP contribution in [0.5, 0.6) is 0 Å². The molecule has 4 rings (SSSR count). The van der Waals surface area contributed by atoms with Gasteiger partial charge < -0.3 is 15.7 Å². The van der Waals surface area contributed by atoms with Crippen LogP contribution < -0.4 is 14.9 Å². The summed E-state index contributed by atoms with van der Waals surface area (Å²) in [5, 5.41) is 17.4. The highest BCUT2D eigenvalue weighted by molar-refractivity contribution is 9.10. The SMILES string of the molecule is CN(c1cccc(C(=O)NC(Cc2ccccc2)C(O)CNCc2cccc(Br)c2)c1)S(=O)(=O)Cc1ccccc1. The Hall–Kier alpha value is -3.50. The first-order valence-corrected chi connectivity index (χ1v) is 15.7. The van der Waals surface area contributed by atoms with Crippen molar-refractivity contribution < 1.29 is 18.3 Å². The van der Waals surface area contributed by atoms with E-state index in [0.717, 1.165) is 15.6 Å². The van der Waals surface area contributed by atoms with Gasteiger partial charge in [0.2, 0.25) is 10.0 Å². The average Bonchev–Trinajstić information content (AvgIpc) is 2.97. The maximum atomic E-state index is 13.4. The molecule has 0 fully saturated rings. The largest absolute Gasteiger partial charge is 0.390 e. The monoisotopic (exact) mass is 635 g/mol. The number of nitrogens with zero attached hydrogens (tertiary/aromatic N) is 1. The lowest BCUT2D eigenvalue weighted by Crippen LogP contribution is -2.48. The first-order valence-electron chi connectivity index (χ1n) is 13.3. The number of hydrogen-bond acceptors (Lipinski definition) is 5. The highest BCUT2D eigenvalue weighted by atomic mass is 79.9. The maximum Gasteiger partial charge on any atom is 0.251 e. The Kier molecular flexibility index (Phi) is 10.7. The molecule has 0 bridgehead atoms. The number of nitrogens with one attached hydrogen (secondary N) is 2. The van der Waals surface area contributed by atoms with E-state index < -0.39 is 28.1 Å². The van der Waals surface area contributed by atoms with Crippen LogP contribution in [0.1, 0.15) is 27.0 Å². The Morgan fingerprint density at radius 2 is 1.49 bits per heavy atom. The lowest BCUT2D eigenvalue weighted by molar-refractivity contribution is 0.0830. The fourth-order valence-corrected chi connectivity index (χ4v) is 6.13. The molecule has 0 heterocycles. The molecule has 214 valence electrons. The predicted molar refractivity (Wildman–Crippen MR) is 167 cm³/mol. The van der Waals surface area contributed by atoms with E-state index in [1.807, 2.05) is 60.7 Å². The number of aliphatic hydroxyl groups is 1. The van der Waals surface area contributed by atoms with Crippen molar-refractivity contribution in [2.45, 2.75) is 30.9 Å². The third kappa shape index (κ3) is 8.99. The van der Waals surface area contributed by atoms with E-state index in [2.05, 4.69) is 26.6 Å². The molecule has 4 aromatic carbocycles. The van der Waals surface area contributed by atoms with Crippen LogP contribution in [0.2, 0.25) is 0 Å². The van der Waals surface area contributed by atoms with Crippen molar-refractivity contribution in [3.05, 3.63) is 136 Å². The van der Waals surface area contributed by atoms with Crippen molar-refractivity contribution in [1.82, 2.24) is 10.6 Å². The molecule has 0 aromatic heterocycles. The zero-order chi connectivity index (χ0) is 29.2. The van der Waals surface area contributed by atoms with E-state index >= 15 is 0 Å². The molecule has 2 atom stereocenters. The van der Waals surface area contributed by atoms with Crippen LogP contribution in [-0.2, 0) is 28.7 Å². The molecule has 4 aromatic rings. The van der Waals surface area contributed by atoms with Crippen molar-refractivity contribution in [3.8, 4) is 0 Å². The predicted octanol–water partition coefficient (Wildman–Crippen LogP) is 4.91. The summed E-state index contributed by atoms with van der Waals surface area (Å²) in [4.78, 5) is 13.4. The molecule has 0 saturated heterocycles. The number of hydrogen-bond donors (Lipinski definition) is 3. The molecular weight excluding hydrogens is 602 g/mol. The minimum absolute atomic E-state index is 0.154. The van der Waals surface area contributed by atoms with Gasteiger partial charge in [-0.05, 0) is 53.4 Å². The molecule has 0 radical (unpaired) electrons. The zero-order valence-corrected chi connectivity index (χ0v) is 25.2. The highest BCUT2D eigenvalue weighted by Crippen LogP contribution is 2.21. The van der Waals surface area contributed by atoms with Gasteiger partial charge in [0, 0.05) is 30.2 Å². The van der Waals surface area contributed by atoms with Crippen molar-refractivity contribution in [1.29, 1.82) is 0 Å². The number of aliphatic hydroxyl groups excluding tert-OH is 1. The minimum Gasteiger partial charge on any atom is -0.390 e. The summed E-state index contributed by atoms with van der Waals surface area (Å²) in [5.74, 6) is -0.549. The molecule has 2 unspecified atom stereocenters. The molecule has 7 nitrogen and oxygen atoms in total. The molecule has 1 amide bonds. The molecule has 9 heteroatoms. The van der Waals surface area contributed by atoms with Gasteiger partial charge in [-0.1, -0.05) is 94.8 Å². The number of carbonyl (C=O) groups is 1. The first-order chi connectivity index (χ1) is 19.7.